The number of para-hydroxylation sites is 1. The summed E-state index contributed by atoms with van der Waals surface area (Å²) in [5, 5.41) is 2.63. The van der Waals surface area contributed by atoms with Crippen molar-refractivity contribution < 1.29 is 17.9 Å². The van der Waals surface area contributed by atoms with Gasteiger partial charge in [-0.05, 0) is 49.2 Å². The molecule has 6 nitrogen and oxygen atoms in total. The van der Waals surface area contributed by atoms with Gasteiger partial charge >= 0.3 is 0 Å². The van der Waals surface area contributed by atoms with Gasteiger partial charge in [0.15, 0.2) is 0 Å². The summed E-state index contributed by atoms with van der Waals surface area (Å²) in [5.41, 5.74) is 0.575. The van der Waals surface area contributed by atoms with Gasteiger partial charge < -0.3 is 10.1 Å². The lowest BCUT2D eigenvalue weighted by Gasteiger charge is -2.31. The molecule has 0 bridgehead atoms. The monoisotopic (exact) mass is 374 g/mol. The first-order valence-electron chi connectivity index (χ1n) is 8.54. The fourth-order valence-corrected chi connectivity index (χ4v) is 4.41. The number of nitrogens with one attached hydrogen (secondary N) is 1. The SMILES string of the molecule is CC(=O)Nc1ccc(S(=O)(=O)N2CCC(Oc3ccccc3)CC2)cc1. The van der Waals surface area contributed by atoms with Crippen LogP contribution in [-0.2, 0) is 14.8 Å². The van der Waals surface area contributed by atoms with Crippen LogP contribution in [0.3, 0.4) is 0 Å². The molecule has 26 heavy (non-hydrogen) atoms. The molecule has 1 saturated heterocycles. The number of hydrogen-bond acceptors (Lipinski definition) is 4. The van der Waals surface area contributed by atoms with Gasteiger partial charge in [-0.2, -0.15) is 4.31 Å². The van der Waals surface area contributed by atoms with Crippen LogP contribution in [0.5, 0.6) is 5.75 Å². The van der Waals surface area contributed by atoms with E-state index in [0.717, 1.165) is 5.75 Å². The van der Waals surface area contributed by atoms with E-state index in [0.29, 0.717) is 31.6 Å². The van der Waals surface area contributed by atoms with E-state index in [1.165, 1.54) is 23.4 Å². The summed E-state index contributed by atoms with van der Waals surface area (Å²) < 4.78 is 33.0. The maximum atomic E-state index is 12.8. The standard InChI is InChI=1S/C19H22N2O4S/c1-15(22)20-16-7-9-19(10-8-16)26(23,24)21-13-11-18(12-14-21)25-17-5-3-2-4-6-17/h2-10,18H,11-14H2,1H3,(H,20,22). The number of rotatable bonds is 5. The lowest BCUT2D eigenvalue weighted by atomic mass is 10.1. The number of amides is 1. The summed E-state index contributed by atoms with van der Waals surface area (Å²) in [4.78, 5) is 11.3. The van der Waals surface area contributed by atoms with Gasteiger partial charge in [-0.25, -0.2) is 8.42 Å². The molecule has 138 valence electrons. The Morgan fingerprint density at radius 1 is 1.04 bits per heavy atom. The maximum Gasteiger partial charge on any atom is 0.243 e. The molecule has 1 aliphatic rings. The molecule has 0 unspecified atom stereocenters. The van der Waals surface area contributed by atoms with Crippen LogP contribution in [0.1, 0.15) is 19.8 Å². The summed E-state index contributed by atoms with van der Waals surface area (Å²) in [7, 11) is -3.54. The highest BCUT2D eigenvalue weighted by molar-refractivity contribution is 7.89. The second-order valence-corrected chi connectivity index (χ2v) is 8.18. The van der Waals surface area contributed by atoms with Gasteiger partial charge in [-0.3, -0.25) is 4.79 Å². The Kier molecular flexibility index (Phi) is 5.58. The molecule has 1 aliphatic heterocycles. The number of carbonyl (C=O) groups excluding carboxylic acids is 1. The Bertz CT molecular complexity index is 843. The number of piperidine rings is 1. The summed E-state index contributed by atoms with van der Waals surface area (Å²) in [5.74, 6) is 0.614. The third-order valence-electron chi connectivity index (χ3n) is 4.26. The molecule has 1 amide bonds. The molecule has 2 aromatic carbocycles. The normalized spacial score (nSPS) is 16.2. The van der Waals surface area contributed by atoms with E-state index < -0.39 is 10.0 Å². The number of carbonyl (C=O) groups is 1. The first-order chi connectivity index (χ1) is 12.4. The van der Waals surface area contributed by atoms with Crippen molar-refractivity contribution in [3.63, 3.8) is 0 Å². The highest BCUT2D eigenvalue weighted by Crippen LogP contribution is 2.24. The van der Waals surface area contributed by atoms with Crippen LogP contribution in [0, 0.1) is 0 Å². The van der Waals surface area contributed by atoms with Crippen molar-refractivity contribution in [3.8, 4) is 5.75 Å². The van der Waals surface area contributed by atoms with Crippen molar-refractivity contribution >= 4 is 21.6 Å². The van der Waals surface area contributed by atoms with Crippen molar-refractivity contribution in [1.29, 1.82) is 0 Å². The zero-order valence-electron chi connectivity index (χ0n) is 14.6. The van der Waals surface area contributed by atoms with Crippen molar-refractivity contribution in [1.82, 2.24) is 4.31 Å². The molecule has 1 heterocycles. The predicted octanol–water partition coefficient (Wildman–Crippen LogP) is 2.88. The molecule has 0 radical (unpaired) electrons. The quantitative estimate of drug-likeness (QED) is 0.873. The fraction of sp³-hybridized carbons (Fsp3) is 0.316. The predicted molar refractivity (Wildman–Crippen MR) is 99.6 cm³/mol. The number of nitrogens with zero attached hydrogens (tertiary/aromatic N) is 1. The van der Waals surface area contributed by atoms with Crippen LogP contribution in [0.15, 0.2) is 59.5 Å². The summed E-state index contributed by atoms with van der Waals surface area (Å²) in [6.07, 6.45) is 1.32. The number of hydrogen-bond donors (Lipinski definition) is 1. The van der Waals surface area contributed by atoms with Crippen molar-refractivity contribution in [2.24, 2.45) is 0 Å². The zero-order valence-corrected chi connectivity index (χ0v) is 15.4. The fourth-order valence-electron chi connectivity index (χ4n) is 2.94. The largest absolute Gasteiger partial charge is 0.490 e. The van der Waals surface area contributed by atoms with Gasteiger partial charge in [-0.15, -0.1) is 0 Å². The Balaban J connectivity index is 1.61. The third kappa shape index (κ3) is 4.42. The van der Waals surface area contributed by atoms with Crippen LogP contribution < -0.4 is 10.1 Å². The number of anilines is 1. The van der Waals surface area contributed by atoms with Crippen molar-refractivity contribution in [2.45, 2.75) is 30.8 Å². The zero-order chi connectivity index (χ0) is 18.6. The second kappa shape index (κ2) is 7.88. The topological polar surface area (TPSA) is 75.7 Å². The van der Waals surface area contributed by atoms with E-state index in [1.807, 2.05) is 30.3 Å². The Labute approximate surface area is 153 Å². The summed E-state index contributed by atoms with van der Waals surface area (Å²) >= 11 is 0. The number of ether oxygens (including phenoxy) is 1. The summed E-state index contributed by atoms with van der Waals surface area (Å²) in [6, 6.07) is 15.8. The van der Waals surface area contributed by atoms with E-state index in [9.17, 15) is 13.2 Å². The van der Waals surface area contributed by atoms with Gasteiger partial charge in [-0.1, -0.05) is 18.2 Å². The lowest BCUT2D eigenvalue weighted by molar-refractivity contribution is -0.114. The van der Waals surface area contributed by atoms with Crippen molar-refractivity contribution in [2.75, 3.05) is 18.4 Å². The number of sulfonamides is 1. The molecule has 0 spiro atoms. The minimum absolute atomic E-state index is 0.0194. The molecule has 1 fully saturated rings. The van der Waals surface area contributed by atoms with E-state index in [2.05, 4.69) is 5.32 Å². The van der Waals surface area contributed by atoms with Crippen molar-refractivity contribution in [3.05, 3.63) is 54.6 Å². The maximum absolute atomic E-state index is 12.8. The van der Waals surface area contributed by atoms with Gasteiger partial charge in [0, 0.05) is 25.7 Å². The molecule has 7 heteroatoms. The Morgan fingerprint density at radius 2 is 1.65 bits per heavy atom. The third-order valence-corrected chi connectivity index (χ3v) is 6.17. The lowest BCUT2D eigenvalue weighted by Crippen LogP contribution is -2.41. The molecular weight excluding hydrogens is 352 g/mol. The van der Waals surface area contributed by atoms with Crippen LogP contribution >= 0.6 is 0 Å². The molecule has 0 aliphatic carbocycles. The molecule has 1 N–H and O–H groups in total. The highest BCUT2D eigenvalue weighted by Gasteiger charge is 2.30. The van der Waals surface area contributed by atoms with E-state index in [1.54, 1.807) is 12.1 Å². The minimum Gasteiger partial charge on any atom is -0.490 e. The summed E-state index contributed by atoms with van der Waals surface area (Å²) in [6.45, 7) is 2.26. The highest BCUT2D eigenvalue weighted by atomic mass is 32.2. The molecular formula is C19H22N2O4S. The average molecular weight is 374 g/mol. The van der Waals surface area contributed by atoms with Crippen LogP contribution in [0.2, 0.25) is 0 Å². The molecule has 0 aromatic heterocycles. The van der Waals surface area contributed by atoms with Gasteiger partial charge in [0.25, 0.3) is 0 Å². The minimum atomic E-state index is -3.54. The Morgan fingerprint density at radius 3 is 2.23 bits per heavy atom. The van der Waals surface area contributed by atoms with Gasteiger partial charge in [0.1, 0.15) is 11.9 Å². The Hall–Kier alpha value is -2.38. The first-order valence-corrected chi connectivity index (χ1v) is 9.99. The van der Waals surface area contributed by atoms with Crippen LogP contribution in [-0.4, -0.2) is 37.8 Å². The molecule has 0 saturated carbocycles. The van der Waals surface area contributed by atoms with Crippen LogP contribution in [0.4, 0.5) is 5.69 Å². The average Bonchev–Trinajstić information content (AvgIpc) is 2.63. The van der Waals surface area contributed by atoms with E-state index in [-0.39, 0.29) is 16.9 Å². The van der Waals surface area contributed by atoms with E-state index >= 15 is 0 Å². The smallest absolute Gasteiger partial charge is 0.243 e. The van der Waals surface area contributed by atoms with Crippen LogP contribution in [0.25, 0.3) is 0 Å². The second-order valence-electron chi connectivity index (χ2n) is 6.24. The number of benzene rings is 2. The molecule has 2 aromatic rings. The van der Waals surface area contributed by atoms with Gasteiger partial charge in [0.05, 0.1) is 4.90 Å². The van der Waals surface area contributed by atoms with E-state index in [4.69, 9.17) is 4.74 Å². The van der Waals surface area contributed by atoms with Gasteiger partial charge in [0.2, 0.25) is 15.9 Å². The molecule has 0 atom stereocenters. The first kappa shape index (κ1) is 18.4. The molecule has 3 rings (SSSR count).